The lowest BCUT2D eigenvalue weighted by Crippen LogP contribution is -2.46. The molecule has 0 N–H and O–H groups in total. The molecule has 3 amide bonds. The van der Waals surface area contributed by atoms with Crippen LogP contribution in [0.1, 0.15) is 37.7 Å². The van der Waals surface area contributed by atoms with E-state index in [2.05, 4.69) is 0 Å². The van der Waals surface area contributed by atoms with E-state index in [1.165, 1.54) is 18.4 Å². The number of halogens is 1. The number of benzene rings is 1. The third-order valence-corrected chi connectivity index (χ3v) is 6.83. The highest BCUT2D eigenvalue weighted by Crippen LogP contribution is 2.45. The van der Waals surface area contributed by atoms with Gasteiger partial charge in [-0.05, 0) is 36.8 Å². The van der Waals surface area contributed by atoms with E-state index in [1.54, 1.807) is 24.3 Å². The number of rotatable bonds is 6. The lowest BCUT2D eigenvalue weighted by Gasteiger charge is -2.33. The van der Waals surface area contributed by atoms with Gasteiger partial charge >= 0.3 is 0 Å². The molecule has 0 aromatic heterocycles. The maximum absolute atomic E-state index is 13.4. The summed E-state index contributed by atoms with van der Waals surface area (Å²) in [5.41, 5.74) is -0.671. The van der Waals surface area contributed by atoms with Crippen molar-refractivity contribution in [3.63, 3.8) is 0 Å². The van der Waals surface area contributed by atoms with Crippen molar-refractivity contribution in [2.24, 2.45) is 5.92 Å². The number of nitrogens with zero attached hydrogens (tertiary/aromatic N) is 2. The molecule has 3 aliphatic rings. The minimum Gasteiger partial charge on any atom is -0.383 e. The van der Waals surface area contributed by atoms with Gasteiger partial charge < -0.3 is 9.64 Å². The lowest BCUT2D eigenvalue weighted by atomic mass is 9.75. The van der Waals surface area contributed by atoms with Crippen LogP contribution >= 0.6 is 11.6 Å². The second kappa shape index (κ2) is 7.48. The molecule has 0 radical (unpaired) electrons. The molecule has 2 heterocycles. The van der Waals surface area contributed by atoms with Crippen LogP contribution in [0, 0.1) is 5.92 Å². The Bertz CT molecular complexity index is 813. The summed E-state index contributed by atoms with van der Waals surface area (Å²) >= 11 is 6.43. The van der Waals surface area contributed by atoms with Gasteiger partial charge in [0.2, 0.25) is 17.7 Å². The number of methoxy groups -OCH3 is 1. The van der Waals surface area contributed by atoms with Crippen LogP contribution in [-0.2, 0) is 24.5 Å². The Morgan fingerprint density at radius 1 is 1.29 bits per heavy atom. The predicted octanol–water partition coefficient (Wildman–Crippen LogP) is 2.38. The molecule has 28 heavy (non-hydrogen) atoms. The van der Waals surface area contributed by atoms with Crippen LogP contribution in [0.5, 0.6) is 0 Å². The normalized spacial score (nSPS) is 29.2. The molecule has 1 saturated carbocycles. The van der Waals surface area contributed by atoms with Gasteiger partial charge in [0.25, 0.3) is 0 Å². The Morgan fingerprint density at radius 3 is 2.71 bits per heavy atom. The molecule has 3 atom stereocenters. The van der Waals surface area contributed by atoms with Crippen molar-refractivity contribution >= 4 is 29.3 Å². The molecule has 2 aliphatic heterocycles. The van der Waals surface area contributed by atoms with Crippen LogP contribution in [0.3, 0.4) is 0 Å². The van der Waals surface area contributed by atoms with Crippen molar-refractivity contribution in [3.05, 3.63) is 34.9 Å². The van der Waals surface area contributed by atoms with E-state index < -0.39 is 5.41 Å². The summed E-state index contributed by atoms with van der Waals surface area (Å²) < 4.78 is 5.05. The number of ether oxygens (including phenoxy) is 1. The van der Waals surface area contributed by atoms with Gasteiger partial charge in [0.1, 0.15) is 0 Å². The number of carbonyl (C=O) groups is 3. The highest BCUT2D eigenvalue weighted by atomic mass is 35.5. The third-order valence-electron chi connectivity index (χ3n) is 6.50. The first kappa shape index (κ1) is 19.4. The number of fused-ring (bicyclic) bond motifs is 2. The number of hydrogen-bond donors (Lipinski definition) is 0. The minimum absolute atomic E-state index is 0.0198. The highest BCUT2D eigenvalue weighted by Gasteiger charge is 2.55. The van der Waals surface area contributed by atoms with Gasteiger partial charge in [-0.15, -0.1) is 0 Å². The van der Waals surface area contributed by atoms with Gasteiger partial charge in [-0.1, -0.05) is 29.8 Å². The zero-order valence-electron chi connectivity index (χ0n) is 16.0. The summed E-state index contributed by atoms with van der Waals surface area (Å²) in [4.78, 5) is 42.5. The van der Waals surface area contributed by atoms with Gasteiger partial charge in [-0.25, -0.2) is 0 Å². The van der Waals surface area contributed by atoms with Crippen molar-refractivity contribution in [2.75, 3.05) is 26.8 Å². The Balaban J connectivity index is 1.67. The Hall–Kier alpha value is -1.92. The number of piperidine rings is 1. The van der Waals surface area contributed by atoms with E-state index in [-0.39, 0.29) is 49.8 Å². The van der Waals surface area contributed by atoms with Crippen molar-refractivity contribution < 1.29 is 19.1 Å². The topological polar surface area (TPSA) is 66.9 Å². The zero-order valence-corrected chi connectivity index (χ0v) is 16.8. The van der Waals surface area contributed by atoms with Crippen LogP contribution < -0.4 is 0 Å². The quantitative estimate of drug-likeness (QED) is 0.683. The highest BCUT2D eigenvalue weighted by molar-refractivity contribution is 6.32. The average molecular weight is 405 g/mol. The first-order chi connectivity index (χ1) is 13.5. The van der Waals surface area contributed by atoms with Crippen molar-refractivity contribution in [1.29, 1.82) is 0 Å². The van der Waals surface area contributed by atoms with Crippen LogP contribution in [0.25, 0.3) is 0 Å². The number of carbonyl (C=O) groups excluding carboxylic acids is 3. The van der Waals surface area contributed by atoms with Crippen molar-refractivity contribution in [2.45, 2.75) is 43.6 Å². The summed E-state index contributed by atoms with van der Waals surface area (Å²) in [6.07, 6.45) is 3.20. The number of hydrogen-bond acceptors (Lipinski definition) is 4. The van der Waals surface area contributed by atoms with E-state index >= 15 is 0 Å². The smallest absolute Gasteiger partial charge is 0.241 e. The van der Waals surface area contributed by atoms with Crippen molar-refractivity contribution in [1.82, 2.24) is 9.80 Å². The van der Waals surface area contributed by atoms with E-state index in [1.807, 2.05) is 4.90 Å². The van der Waals surface area contributed by atoms with Crippen LogP contribution in [-0.4, -0.2) is 60.4 Å². The second-order valence-electron chi connectivity index (χ2n) is 8.14. The predicted molar refractivity (Wildman–Crippen MR) is 104 cm³/mol. The maximum atomic E-state index is 13.4. The van der Waals surface area contributed by atoms with E-state index in [9.17, 15) is 14.4 Å². The molecule has 7 heteroatoms. The fourth-order valence-electron chi connectivity index (χ4n) is 5.09. The number of imide groups is 1. The van der Waals surface area contributed by atoms with Gasteiger partial charge in [-0.2, -0.15) is 0 Å². The summed E-state index contributed by atoms with van der Waals surface area (Å²) in [5, 5.41) is 0.410. The molecular weight excluding hydrogens is 380 g/mol. The summed E-state index contributed by atoms with van der Waals surface area (Å²) in [5.74, 6) is -0.107. The fraction of sp³-hybridized carbons (Fsp3) is 0.571. The average Bonchev–Trinajstić information content (AvgIpc) is 3.36. The lowest BCUT2D eigenvalue weighted by molar-refractivity contribution is -0.143. The Kier molecular flexibility index (Phi) is 5.19. The van der Waals surface area contributed by atoms with Crippen LogP contribution in [0.15, 0.2) is 24.3 Å². The van der Waals surface area contributed by atoms with Gasteiger partial charge in [0.05, 0.1) is 18.6 Å². The first-order valence-electron chi connectivity index (χ1n) is 9.84. The summed E-state index contributed by atoms with van der Waals surface area (Å²) in [6.45, 7) is 1.21. The monoisotopic (exact) mass is 404 g/mol. The molecular formula is C21H25ClN2O4. The molecule has 4 rings (SSSR count). The van der Waals surface area contributed by atoms with Crippen LogP contribution in [0.2, 0.25) is 5.02 Å². The summed E-state index contributed by atoms with van der Waals surface area (Å²) in [7, 11) is 1.53. The summed E-state index contributed by atoms with van der Waals surface area (Å²) in [6, 6.07) is 7.32. The van der Waals surface area contributed by atoms with E-state index in [4.69, 9.17) is 16.3 Å². The molecule has 2 saturated heterocycles. The number of amides is 3. The standard InChI is InChI=1S/C21H25ClN2O4/c1-28-9-8-23-18(25)11-21(20(23)27,16-4-2-3-5-17(16)22)12-19(26)24-13-14-6-7-15(24)10-14/h2-5,14-15H,6-13H2,1H3/t14-,15-,21-/m0/s1. The maximum Gasteiger partial charge on any atom is 0.241 e. The molecule has 150 valence electrons. The molecule has 3 fully saturated rings. The molecule has 0 unspecified atom stereocenters. The second-order valence-corrected chi connectivity index (χ2v) is 8.55. The third kappa shape index (κ3) is 3.12. The Morgan fingerprint density at radius 2 is 2.07 bits per heavy atom. The molecule has 2 bridgehead atoms. The molecule has 1 aromatic carbocycles. The van der Waals surface area contributed by atoms with Gasteiger partial charge in [0.15, 0.2) is 0 Å². The SMILES string of the molecule is COCCN1C(=O)C[C@](CC(=O)N2C[C@H]3CC[C@H]2C3)(c2ccccc2Cl)C1=O. The molecule has 0 spiro atoms. The van der Waals surface area contributed by atoms with Gasteiger partial charge in [-0.3, -0.25) is 19.3 Å². The van der Waals surface area contributed by atoms with E-state index in [0.29, 0.717) is 16.5 Å². The van der Waals surface area contributed by atoms with Crippen molar-refractivity contribution in [3.8, 4) is 0 Å². The fourth-order valence-corrected chi connectivity index (χ4v) is 5.41. The largest absolute Gasteiger partial charge is 0.383 e. The van der Waals surface area contributed by atoms with E-state index in [0.717, 1.165) is 19.4 Å². The first-order valence-corrected chi connectivity index (χ1v) is 10.2. The number of likely N-dealkylation sites (tertiary alicyclic amines) is 2. The molecule has 6 nitrogen and oxygen atoms in total. The molecule has 1 aromatic rings. The minimum atomic E-state index is -1.23. The molecule has 1 aliphatic carbocycles. The Labute approximate surface area is 169 Å². The van der Waals surface area contributed by atoms with Gasteiger partial charge in [0, 0.05) is 37.6 Å². The van der Waals surface area contributed by atoms with Crippen LogP contribution in [0.4, 0.5) is 0 Å². The zero-order chi connectivity index (χ0) is 19.9.